The van der Waals surface area contributed by atoms with Crippen LogP contribution in [-0.2, 0) is 14.8 Å². The molecular weight excluding hydrogens is 723 g/mol. The quantitative estimate of drug-likeness (QED) is 0.251. The first-order valence-electron chi connectivity index (χ1n) is 17.4. The van der Waals surface area contributed by atoms with Gasteiger partial charge in [0.05, 0.1) is 29.7 Å². The highest BCUT2D eigenvalue weighted by Gasteiger charge is 2.45. The van der Waals surface area contributed by atoms with Crippen molar-refractivity contribution in [2.75, 3.05) is 39.3 Å². The number of aliphatic imine (C=N–C) groups is 1. The molecule has 2 N–H and O–H groups in total. The minimum atomic E-state index is -3.97. The van der Waals surface area contributed by atoms with Gasteiger partial charge in [0.25, 0.3) is 0 Å². The number of hydrogen-bond donors (Lipinski definition) is 2. The summed E-state index contributed by atoms with van der Waals surface area (Å²) >= 11 is 12.6. The van der Waals surface area contributed by atoms with Crippen LogP contribution in [0.2, 0.25) is 10.0 Å². The second-order valence-electron chi connectivity index (χ2n) is 15.1. The molecule has 0 aliphatic carbocycles. The van der Waals surface area contributed by atoms with Gasteiger partial charge in [0, 0.05) is 47.3 Å². The maximum Gasteiger partial charge on any atom is 0.326 e. The number of piperazine rings is 1. The van der Waals surface area contributed by atoms with Crippen LogP contribution in [0.25, 0.3) is 0 Å². The van der Waals surface area contributed by atoms with Crippen molar-refractivity contribution in [1.29, 1.82) is 0 Å². The van der Waals surface area contributed by atoms with Crippen molar-refractivity contribution in [3.05, 3.63) is 93.5 Å². The number of benzene rings is 3. The minimum absolute atomic E-state index is 0.0103. The zero-order valence-electron chi connectivity index (χ0n) is 30.7. The molecule has 14 heteroatoms. The molecule has 0 unspecified atom stereocenters. The molecule has 11 nitrogen and oxygen atoms in total. The number of nitrogens with zero attached hydrogens (tertiary/aromatic N) is 4. The number of halogens is 2. The lowest BCUT2D eigenvalue weighted by atomic mass is 9.93. The Hall–Kier alpha value is -3.68. The number of nitrogens with one attached hydrogen (secondary N) is 2. The molecule has 2 atom stereocenters. The third-order valence-electron chi connectivity index (χ3n) is 8.46. The van der Waals surface area contributed by atoms with Gasteiger partial charge < -0.3 is 15.0 Å². The van der Waals surface area contributed by atoms with E-state index in [4.69, 9.17) is 32.9 Å². The van der Waals surface area contributed by atoms with Crippen molar-refractivity contribution in [2.45, 2.75) is 76.5 Å². The van der Waals surface area contributed by atoms with Gasteiger partial charge in [-0.25, -0.2) is 17.9 Å². The Labute approximate surface area is 317 Å². The molecule has 0 saturated carbocycles. The molecule has 3 aromatic rings. The number of amides is 3. The van der Waals surface area contributed by atoms with Crippen LogP contribution in [0.4, 0.5) is 4.79 Å². The summed E-state index contributed by atoms with van der Waals surface area (Å²) in [6, 6.07) is 17.7. The number of rotatable bonds is 9. The Kier molecular flexibility index (Phi) is 12.0. The van der Waals surface area contributed by atoms with Gasteiger partial charge >= 0.3 is 6.03 Å². The first-order valence-corrected chi connectivity index (χ1v) is 19.6. The molecule has 1 saturated heterocycles. The van der Waals surface area contributed by atoms with E-state index in [9.17, 15) is 18.0 Å². The number of sulfonamides is 1. The Morgan fingerprint density at radius 1 is 0.846 bits per heavy atom. The maximum atomic E-state index is 15.0. The summed E-state index contributed by atoms with van der Waals surface area (Å²) in [4.78, 5) is 38.3. The average molecular weight is 772 g/mol. The molecule has 0 bridgehead atoms. The van der Waals surface area contributed by atoms with E-state index in [-0.39, 0.29) is 34.8 Å². The number of carbonyl (C=O) groups is 2. The molecule has 52 heavy (non-hydrogen) atoms. The SMILES string of the molecule is CCOc1ccc(S(=O)(=O)NC(C)(C)C)cc1C1=N[C@@H](c2ccc(Cl)cc2)[C@@H](c2ccc(Cl)cc2)N1C(=O)N1CCN(CC(=O)NC(C)(C)C)CC1. The zero-order valence-corrected chi connectivity index (χ0v) is 33.1. The molecule has 0 aromatic heterocycles. The van der Waals surface area contributed by atoms with E-state index in [1.807, 2.05) is 56.9 Å². The van der Waals surface area contributed by atoms with Crippen molar-refractivity contribution < 1.29 is 22.7 Å². The fourth-order valence-corrected chi connectivity index (χ4v) is 8.06. The normalized spacial score (nSPS) is 18.7. The van der Waals surface area contributed by atoms with E-state index < -0.39 is 27.6 Å². The van der Waals surface area contributed by atoms with Crippen LogP contribution in [0.5, 0.6) is 5.75 Å². The van der Waals surface area contributed by atoms with Gasteiger partial charge in [-0.15, -0.1) is 0 Å². The van der Waals surface area contributed by atoms with Crippen LogP contribution < -0.4 is 14.8 Å². The predicted octanol–water partition coefficient (Wildman–Crippen LogP) is 6.67. The Morgan fingerprint density at radius 3 is 1.96 bits per heavy atom. The molecule has 2 heterocycles. The lowest BCUT2D eigenvalue weighted by Gasteiger charge is -2.39. The van der Waals surface area contributed by atoms with Crippen molar-refractivity contribution in [2.24, 2.45) is 4.99 Å². The van der Waals surface area contributed by atoms with Crippen molar-refractivity contribution in [1.82, 2.24) is 24.7 Å². The molecule has 3 amide bonds. The summed E-state index contributed by atoms with van der Waals surface area (Å²) in [7, 11) is -3.97. The molecule has 280 valence electrons. The zero-order chi connectivity index (χ0) is 38.0. The molecule has 2 aliphatic rings. The number of carbonyl (C=O) groups excluding carboxylic acids is 2. The summed E-state index contributed by atoms with van der Waals surface area (Å²) in [5.74, 6) is 0.581. The van der Waals surface area contributed by atoms with Crippen LogP contribution in [0.1, 0.15) is 77.2 Å². The monoisotopic (exact) mass is 770 g/mol. The third-order valence-corrected chi connectivity index (χ3v) is 10.7. The molecule has 0 spiro atoms. The highest BCUT2D eigenvalue weighted by molar-refractivity contribution is 7.89. The lowest BCUT2D eigenvalue weighted by molar-refractivity contribution is -0.124. The summed E-state index contributed by atoms with van der Waals surface area (Å²) in [5.41, 5.74) is 0.865. The number of ether oxygens (including phenoxy) is 1. The van der Waals surface area contributed by atoms with Gasteiger partial charge in [-0.3, -0.25) is 19.6 Å². The number of hydrogen-bond acceptors (Lipinski definition) is 7. The minimum Gasteiger partial charge on any atom is -0.493 e. The van der Waals surface area contributed by atoms with Crippen LogP contribution >= 0.6 is 23.2 Å². The standard InChI is InChI=1S/C38H48Cl2N6O5S/c1-8-51-31-18-17-29(52(49,50)43-38(5,6)7)23-30(31)35-41-33(25-9-13-27(39)14-10-25)34(26-11-15-28(40)16-12-26)46(35)36(48)45-21-19-44(20-22-45)24-32(47)42-37(2,3)4/h9-18,23,33-34,43H,8,19-22,24H2,1-7H3,(H,42,47)/t33-,34+/m0/s1. The van der Waals surface area contributed by atoms with Crippen molar-refractivity contribution in [3.63, 3.8) is 0 Å². The first kappa shape index (κ1) is 39.5. The van der Waals surface area contributed by atoms with Crippen LogP contribution in [-0.4, -0.2) is 91.3 Å². The number of urea groups is 1. The van der Waals surface area contributed by atoms with E-state index in [1.54, 1.807) is 60.9 Å². The molecule has 5 rings (SSSR count). The van der Waals surface area contributed by atoms with E-state index in [0.29, 0.717) is 54.1 Å². The second kappa shape index (κ2) is 15.7. The highest BCUT2D eigenvalue weighted by atomic mass is 35.5. The van der Waals surface area contributed by atoms with E-state index in [1.165, 1.54) is 12.1 Å². The maximum absolute atomic E-state index is 15.0. The second-order valence-corrected chi connectivity index (χ2v) is 17.7. The largest absolute Gasteiger partial charge is 0.493 e. The Morgan fingerprint density at radius 2 is 1.42 bits per heavy atom. The molecular formula is C38H48Cl2N6O5S. The van der Waals surface area contributed by atoms with Gasteiger partial charge in [0.15, 0.2) is 0 Å². The topological polar surface area (TPSA) is 124 Å². The first-order chi connectivity index (χ1) is 24.3. The predicted molar refractivity (Wildman–Crippen MR) is 206 cm³/mol. The van der Waals surface area contributed by atoms with Crippen LogP contribution in [0, 0.1) is 0 Å². The summed E-state index contributed by atoms with van der Waals surface area (Å²) < 4.78 is 36.0. The average Bonchev–Trinajstić information content (AvgIpc) is 3.44. The van der Waals surface area contributed by atoms with Crippen LogP contribution in [0.15, 0.2) is 76.6 Å². The molecule has 2 aliphatic heterocycles. The fraction of sp³-hybridized carbons (Fsp3) is 0.447. The van der Waals surface area contributed by atoms with Gasteiger partial charge in [-0.1, -0.05) is 47.5 Å². The van der Waals surface area contributed by atoms with E-state index in [0.717, 1.165) is 11.1 Å². The van der Waals surface area contributed by atoms with E-state index in [2.05, 4.69) is 10.0 Å². The molecule has 3 aromatic carbocycles. The fourth-order valence-electron chi connectivity index (χ4n) is 6.36. The third kappa shape index (κ3) is 9.64. The van der Waals surface area contributed by atoms with Crippen molar-refractivity contribution in [3.8, 4) is 5.75 Å². The number of amidine groups is 1. The molecule has 0 radical (unpaired) electrons. The van der Waals surface area contributed by atoms with Crippen molar-refractivity contribution >= 4 is 51.0 Å². The Bertz CT molecular complexity index is 1900. The van der Waals surface area contributed by atoms with E-state index >= 15 is 0 Å². The van der Waals surface area contributed by atoms with Gasteiger partial charge in [-0.05, 0) is 102 Å². The Balaban J connectivity index is 1.61. The summed E-state index contributed by atoms with van der Waals surface area (Å²) in [6.07, 6.45) is 0. The van der Waals surface area contributed by atoms with Gasteiger partial charge in [0.2, 0.25) is 15.9 Å². The highest BCUT2D eigenvalue weighted by Crippen LogP contribution is 2.46. The van der Waals surface area contributed by atoms with Gasteiger partial charge in [0.1, 0.15) is 17.6 Å². The molecule has 1 fully saturated rings. The van der Waals surface area contributed by atoms with Crippen LogP contribution in [0.3, 0.4) is 0 Å². The summed E-state index contributed by atoms with van der Waals surface area (Å²) in [5, 5.41) is 4.10. The summed E-state index contributed by atoms with van der Waals surface area (Å²) in [6.45, 7) is 15.2. The smallest absolute Gasteiger partial charge is 0.326 e. The van der Waals surface area contributed by atoms with Gasteiger partial charge in [-0.2, -0.15) is 0 Å². The lowest BCUT2D eigenvalue weighted by Crippen LogP contribution is -2.56.